The predicted molar refractivity (Wildman–Crippen MR) is 111 cm³/mol. The van der Waals surface area contributed by atoms with Gasteiger partial charge in [0.2, 0.25) is 0 Å². The molecule has 0 unspecified atom stereocenters. The molecule has 1 fully saturated rings. The van der Waals surface area contributed by atoms with Crippen LogP contribution < -0.4 is 16.4 Å². The monoisotopic (exact) mass is 400 g/mol. The van der Waals surface area contributed by atoms with E-state index in [1.807, 2.05) is 37.3 Å². The molecular weight excluding hydrogens is 376 g/mol. The quantitative estimate of drug-likeness (QED) is 0.558. The summed E-state index contributed by atoms with van der Waals surface area (Å²) in [6, 6.07) is 9.58. The van der Waals surface area contributed by atoms with Crippen LogP contribution in [0.1, 0.15) is 36.9 Å². The minimum absolute atomic E-state index is 0.0526. The lowest BCUT2D eigenvalue weighted by atomic mass is 10.0. The van der Waals surface area contributed by atoms with Gasteiger partial charge in [0.25, 0.3) is 0 Å². The molecule has 0 spiro atoms. The number of hydrogen-bond acceptors (Lipinski definition) is 7. The molecule has 0 saturated heterocycles. The first-order chi connectivity index (χ1) is 13.3. The van der Waals surface area contributed by atoms with Crippen molar-refractivity contribution in [3.8, 4) is 0 Å². The number of fused-ring (bicyclic) bond motifs is 1. The second kappa shape index (κ2) is 7.06. The molecule has 4 N–H and O–H groups in total. The van der Waals surface area contributed by atoms with Crippen LogP contribution in [-0.4, -0.2) is 35.3 Å². The minimum atomic E-state index is -3.18. The van der Waals surface area contributed by atoms with E-state index in [1.54, 1.807) is 10.7 Å². The van der Waals surface area contributed by atoms with Crippen LogP contribution in [0.2, 0.25) is 0 Å². The van der Waals surface area contributed by atoms with E-state index in [1.165, 1.54) is 6.26 Å². The van der Waals surface area contributed by atoms with Gasteiger partial charge in [-0.1, -0.05) is 6.07 Å². The summed E-state index contributed by atoms with van der Waals surface area (Å²) in [6.07, 6.45) is 5.25. The molecular formula is C19H24N6O2S. The Bertz CT molecular complexity index is 1120. The van der Waals surface area contributed by atoms with Gasteiger partial charge in [-0.3, -0.25) is 0 Å². The van der Waals surface area contributed by atoms with Crippen LogP contribution in [0.15, 0.2) is 36.5 Å². The van der Waals surface area contributed by atoms with Gasteiger partial charge in [0.15, 0.2) is 15.5 Å². The first kappa shape index (κ1) is 18.7. The van der Waals surface area contributed by atoms with Crippen LogP contribution in [-0.2, 0) is 15.6 Å². The van der Waals surface area contributed by atoms with E-state index in [4.69, 9.17) is 5.73 Å². The summed E-state index contributed by atoms with van der Waals surface area (Å²) in [5, 5.41) is 11.1. The summed E-state index contributed by atoms with van der Waals surface area (Å²) in [4.78, 5) is 4.59. The fourth-order valence-corrected chi connectivity index (χ4v) is 4.01. The third-order valence-electron chi connectivity index (χ3n) is 4.61. The van der Waals surface area contributed by atoms with Gasteiger partial charge in [0, 0.05) is 36.2 Å². The van der Waals surface area contributed by atoms with Crippen molar-refractivity contribution in [3.63, 3.8) is 0 Å². The molecule has 8 nitrogen and oxygen atoms in total. The molecule has 1 saturated carbocycles. The van der Waals surface area contributed by atoms with Gasteiger partial charge in [-0.2, -0.15) is 9.61 Å². The van der Waals surface area contributed by atoms with Crippen molar-refractivity contribution in [1.82, 2.24) is 14.6 Å². The third kappa shape index (κ3) is 4.26. The molecule has 9 heteroatoms. The van der Waals surface area contributed by atoms with Gasteiger partial charge in [0.05, 0.1) is 11.9 Å². The molecule has 3 aromatic rings. The molecule has 2 aromatic heterocycles. The summed E-state index contributed by atoms with van der Waals surface area (Å²) in [5.74, 6) is 1.49. The largest absolute Gasteiger partial charge is 0.367 e. The van der Waals surface area contributed by atoms with E-state index in [-0.39, 0.29) is 11.8 Å². The van der Waals surface area contributed by atoms with E-state index in [2.05, 4.69) is 20.7 Å². The van der Waals surface area contributed by atoms with Crippen molar-refractivity contribution < 1.29 is 8.42 Å². The number of benzene rings is 1. The van der Waals surface area contributed by atoms with Crippen molar-refractivity contribution in [2.24, 2.45) is 5.73 Å². The zero-order valence-corrected chi connectivity index (χ0v) is 16.7. The molecule has 4 rings (SSSR count). The number of nitrogens with zero attached hydrogens (tertiary/aromatic N) is 3. The van der Waals surface area contributed by atoms with E-state index in [0.29, 0.717) is 17.4 Å². The number of nitrogens with two attached hydrogens (primary N) is 1. The number of sulfone groups is 1. The predicted octanol–water partition coefficient (Wildman–Crippen LogP) is 2.61. The Balaban J connectivity index is 1.67. The Morgan fingerprint density at radius 1 is 1.29 bits per heavy atom. The Hall–Kier alpha value is -2.65. The molecule has 1 aliphatic rings. The maximum absolute atomic E-state index is 11.8. The van der Waals surface area contributed by atoms with Crippen LogP contribution in [0.25, 0.3) is 5.65 Å². The molecule has 148 valence electrons. The van der Waals surface area contributed by atoms with Crippen molar-refractivity contribution in [1.29, 1.82) is 0 Å². The summed E-state index contributed by atoms with van der Waals surface area (Å²) in [6.45, 7) is 1.85. The lowest BCUT2D eigenvalue weighted by Crippen LogP contribution is -2.12. The van der Waals surface area contributed by atoms with Crippen LogP contribution in [0.4, 0.5) is 17.3 Å². The van der Waals surface area contributed by atoms with Gasteiger partial charge in [-0.15, -0.1) is 0 Å². The lowest BCUT2D eigenvalue weighted by molar-refractivity contribution is 0.600. The maximum Gasteiger partial charge on any atom is 0.159 e. The summed E-state index contributed by atoms with van der Waals surface area (Å²) in [5.41, 5.74) is 9.03. The SMILES string of the molecule is C[C@@H](N)c1ccc(Nc2cc(NC3CC3)n3nccc3n2)cc1CS(C)(=O)=O. The molecule has 1 aliphatic carbocycles. The average molecular weight is 401 g/mol. The molecule has 1 aromatic carbocycles. The molecule has 28 heavy (non-hydrogen) atoms. The Morgan fingerprint density at radius 3 is 2.75 bits per heavy atom. The van der Waals surface area contributed by atoms with Gasteiger partial charge in [-0.05, 0) is 43.0 Å². The fourth-order valence-electron chi connectivity index (χ4n) is 3.20. The van der Waals surface area contributed by atoms with Crippen LogP contribution in [0.3, 0.4) is 0 Å². The molecule has 0 aliphatic heterocycles. The Kier molecular flexibility index (Phi) is 4.72. The summed E-state index contributed by atoms with van der Waals surface area (Å²) < 4.78 is 25.4. The number of nitrogens with one attached hydrogen (secondary N) is 2. The van der Waals surface area contributed by atoms with Gasteiger partial charge >= 0.3 is 0 Å². The van der Waals surface area contributed by atoms with Crippen molar-refractivity contribution >= 4 is 32.8 Å². The number of aromatic nitrogens is 3. The molecule has 0 bridgehead atoms. The first-order valence-electron chi connectivity index (χ1n) is 9.23. The van der Waals surface area contributed by atoms with Crippen LogP contribution in [0, 0.1) is 0 Å². The standard InChI is InChI=1S/C19H24N6O2S/c1-12(20)16-6-5-15(9-13(16)11-28(2,26)27)22-17-10-19(23-14-3-4-14)25-18(24-17)7-8-21-25/h5-10,12,14,23H,3-4,11,20H2,1-2H3,(H,22,24)/t12-/m1/s1. The van der Waals surface area contributed by atoms with E-state index in [0.717, 1.165) is 35.6 Å². The van der Waals surface area contributed by atoms with E-state index >= 15 is 0 Å². The number of anilines is 3. The minimum Gasteiger partial charge on any atom is -0.367 e. The maximum atomic E-state index is 11.8. The fraction of sp³-hybridized carbons (Fsp3) is 0.368. The normalized spacial score (nSPS) is 15.5. The van der Waals surface area contributed by atoms with Gasteiger partial charge < -0.3 is 16.4 Å². The summed E-state index contributed by atoms with van der Waals surface area (Å²) >= 11 is 0. The highest BCUT2D eigenvalue weighted by Gasteiger charge is 2.22. The zero-order valence-electron chi connectivity index (χ0n) is 15.9. The molecule has 0 radical (unpaired) electrons. The Labute approximate surface area is 164 Å². The number of hydrogen-bond donors (Lipinski definition) is 3. The Morgan fingerprint density at radius 2 is 2.07 bits per heavy atom. The highest BCUT2D eigenvalue weighted by Crippen LogP contribution is 2.28. The van der Waals surface area contributed by atoms with Gasteiger partial charge in [-0.25, -0.2) is 13.4 Å². The highest BCUT2D eigenvalue weighted by atomic mass is 32.2. The van der Waals surface area contributed by atoms with E-state index in [9.17, 15) is 8.42 Å². The topological polar surface area (TPSA) is 114 Å². The highest BCUT2D eigenvalue weighted by molar-refractivity contribution is 7.89. The number of rotatable bonds is 7. The van der Waals surface area contributed by atoms with Crippen molar-refractivity contribution in [3.05, 3.63) is 47.7 Å². The van der Waals surface area contributed by atoms with E-state index < -0.39 is 9.84 Å². The van der Waals surface area contributed by atoms with Crippen molar-refractivity contribution in [2.45, 2.75) is 37.6 Å². The molecule has 1 atom stereocenters. The summed E-state index contributed by atoms with van der Waals surface area (Å²) in [7, 11) is -3.18. The second-order valence-electron chi connectivity index (χ2n) is 7.44. The smallest absolute Gasteiger partial charge is 0.159 e. The third-order valence-corrected chi connectivity index (χ3v) is 5.45. The second-order valence-corrected chi connectivity index (χ2v) is 9.58. The molecule has 0 amide bonds. The average Bonchev–Trinajstić information content (AvgIpc) is 3.27. The molecule has 2 heterocycles. The van der Waals surface area contributed by atoms with Crippen LogP contribution in [0.5, 0.6) is 0 Å². The van der Waals surface area contributed by atoms with Gasteiger partial charge in [0.1, 0.15) is 11.6 Å². The zero-order chi connectivity index (χ0) is 19.9. The first-order valence-corrected chi connectivity index (χ1v) is 11.3. The van der Waals surface area contributed by atoms with Crippen molar-refractivity contribution in [2.75, 3.05) is 16.9 Å². The lowest BCUT2D eigenvalue weighted by Gasteiger charge is -2.15. The van der Waals surface area contributed by atoms with Crippen LogP contribution >= 0.6 is 0 Å².